The molecule has 0 aliphatic heterocycles. The van der Waals surface area contributed by atoms with Crippen LogP contribution in [0.2, 0.25) is 0 Å². The van der Waals surface area contributed by atoms with Crippen LogP contribution in [0.1, 0.15) is 15.9 Å². The second kappa shape index (κ2) is 5.32. The third-order valence-corrected chi connectivity index (χ3v) is 2.65. The largest absolute Gasteiger partial charge is 0.495 e. The van der Waals surface area contributed by atoms with E-state index in [1.807, 2.05) is 19.0 Å². The molecule has 5 heteroatoms. The monoisotopic (exact) mass is 287 g/mol. The lowest BCUT2D eigenvalue weighted by atomic mass is 10.1. The molecule has 1 N–H and O–H groups in total. The van der Waals surface area contributed by atoms with Crippen molar-refractivity contribution in [3.05, 3.63) is 27.7 Å². The number of carboxylic acids is 1. The van der Waals surface area contributed by atoms with Crippen molar-refractivity contribution in [2.75, 3.05) is 21.2 Å². The molecular weight excluding hydrogens is 274 g/mol. The third-order valence-electron chi connectivity index (χ3n) is 2.06. The van der Waals surface area contributed by atoms with Gasteiger partial charge in [-0.2, -0.15) is 0 Å². The normalized spacial score (nSPS) is 10.6. The van der Waals surface area contributed by atoms with Gasteiger partial charge in [0.25, 0.3) is 0 Å². The summed E-state index contributed by atoms with van der Waals surface area (Å²) < 4.78 is 5.90. The highest BCUT2D eigenvalue weighted by atomic mass is 79.9. The Kier molecular flexibility index (Phi) is 4.32. The number of halogens is 1. The maximum absolute atomic E-state index is 10.9. The van der Waals surface area contributed by atoms with Gasteiger partial charge in [-0.25, -0.2) is 4.79 Å². The van der Waals surface area contributed by atoms with Gasteiger partial charge in [0.05, 0.1) is 17.1 Å². The van der Waals surface area contributed by atoms with Crippen molar-refractivity contribution in [3.8, 4) is 5.75 Å². The summed E-state index contributed by atoms with van der Waals surface area (Å²) in [7, 11) is 5.40. The fourth-order valence-corrected chi connectivity index (χ4v) is 2.12. The van der Waals surface area contributed by atoms with Crippen molar-refractivity contribution in [2.45, 2.75) is 6.54 Å². The molecule has 0 aliphatic carbocycles. The molecule has 88 valence electrons. The van der Waals surface area contributed by atoms with E-state index >= 15 is 0 Å². The highest BCUT2D eigenvalue weighted by Crippen LogP contribution is 2.31. The number of aromatic carboxylic acids is 1. The predicted molar refractivity (Wildman–Crippen MR) is 65.0 cm³/mol. The standard InChI is InChI=1S/C11H14BrNO3/c1-13(2)6-8-4-7(11(14)15)5-9(12)10(8)16-3/h4-5H,6H2,1-3H3,(H,14,15). The molecule has 0 saturated carbocycles. The van der Waals surface area contributed by atoms with E-state index in [9.17, 15) is 4.79 Å². The molecule has 1 rings (SSSR count). The lowest BCUT2D eigenvalue weighted by Gasteiger charge is -2.15. The predicted octanol–water partition coefficient (Wildman–Crippen LogP) is 2.22. The summed E-state index contributed by atoms with van der Waals surface area (Å²) in [5.41, 5.74) is 1.10. The maximum atomic E-state index is 10.9. The van der Waals surface area contributed by atoms with Crippen molar-refractivity contribution in [1.82, 2.24) is 4.90 Å². The third kappa shape index (κ3) is 2.96. The van der Waals surface area contributed by atoms with E-state index in [0.29, 0.717) is 16.8 Å². The minimum atomic E-state index is -0.941. The van der Waals surface area contributed by atoms with Crippen LogP contribution in [0, 0.1) is 0 Å². The van der Waals surface area contributed by atoms with E-state index in [4.69, 9.17) is 9.84 Å². The first-order valence-corrected chi connectivity index (χ1v) is 5.49. The Balaban J connectivity index is 3.25. The summed E-state index contributed by atoms with van der Waals surface area (Å²) in [5, 5.41) is 8.96. The summed E-state index contributed by atoms with van der Waals surface area (Å²) in [4.78, 5) is 12.9. The lowest BCUT2D eigenvalue weighted by molar-refractivity contribution is 0.0696. The Morgan fingerprint density at radius 2 is 2.12 bits per heavy atom. The van der Waals surface area contributed by atoms with Crippen LogP contribution in [0.5, 0.6) is 5.75 Å². The summed E-state index contributed by atoms with van der Waals surface area (Å²) >= 11 is 3.31. The molecule has 0 heterocycles. The zero-order chi connectivity index (χ0) is 12.3. The number of methoxy groups -OCH3 is 1. The van der Waals surface area contributed by atoms with Crippen LogP contribution in [0.25, 0.3) is 0 Å². The number of hydrogen-bond donors (Lipinski definition) is 1. The zero-order valence-corrected chi connectivity index (χ0v) is 11.0. The minimum absolute atomic E-state index is 0.254. The van der Waals surface area contributed by atoms with Gasteiger partial charge in [-0.05, 0) is 42.2 Å². The van der Waals surface area contributed by atoms with Crippen LogP contribution in [0.15, 0.2) is 16.6 Å². The van der Waals surface area contributed by atoms with Gasteiger partial charge >= 0.3 is 5.97 Å². The van der Waals surface area contributed by atoms with Gasteiger partial charge < -0.3 is 14.7 Å². The zero-order valence-electron chi connectivity index (χ0n) is 9.45. The fourth-order valence-electron chi connectivity index (χ4n) is 1.46. The quantitative estimate of drug-likeness (QED) is 0.923. The number of carboxylic acid groups (broad SMARTS) is 1. The SMILES string of the molecule is COc1c(Br)cc(C(=O)O)cc1CN(C)C. The highest BCUT2D eigenvalue weighted by Gasteiger charge is 2.13. The molecule has 0 aliphatic rings. The van der Waals surface area contributed by atoms with Crippen LogP contribution in [-0.4, -0.2) is 37.2 Å². The molecule has 16 heavy (non-hydrogen) atoms. The summed E-state index contributed by atoms with van der Waals surface area (Å²) in [6.07, 6.45) is 0. The molecular formula is C11H14BrNO3. The number of ether oxygens (including phenoxy) is 1. The summed E-state index contributed by atoms with van der Waals surface area (Å²) in [6, 6.07) is 3.17. The van der Waals surface area contributed by atoms with Gasteiger partial charge in [-0.3, -0.25) is 0 Å². The number of rotatable bonds is 4. The first-order chi connectivity index (χ1) is 7.45. The molecule has 0 fully saturated rings. The van der Waals surface area contributed by atoms with Crippen molar-refractivity contribution >= 4 is 21.9 Å². The molecule has 4 nitrogen and oxygen atoms in total. The average molecular weight is 288 g/mol. The van der Waals surface area contributed by atoms with E-state index in [-0.39, 0.29) is 5.56 Å². The van der Waals surface area contributed by atoms with Crippen molar-refractivity contribution in [1.29, 1.82) is 0 Å². The van der Waals surface area contributed by atoms with Crippen molar-refractivity contribution in [3.63, 3.8) is 0 Å². The second-order valence-corrected chi connectivity index (χ2v) is 4.55. The Labute approximate surface area is 103 Å². The molecule has 1 aromatic rings. The van der Waals surface area contributed by atoms with Crippen LogP contribution in [0.3, 0.4) is 0 Å². The summed E-state index contributed by atoms with van der Waals surface area (Å²) in [6.45, 7) is 0.628. The molecule has 0 unspecified atom stereocenters. The first kappa shape index (κ1) is 13.0. The van der Waals surface area contributed by atoms with Crippen molar-refractivity contribution in [2.24, 2.45) is 0 Å². The van der Waals surface area contributed by atoms with Gasteiger partial charge in [0, 0.05) is 12.1 Å². The fraction of sp³-hybridized carbons (Fsp3) is 0.364. The van der Waals surface area contributed by atoms with Gasteiger partial charge in [0.15, 0.2) is 0 Å². The molecule has 1 aromatic carbocycles. The molecule has 0 radical (unpaired) electrons. The smallest absolute Gasteiger partial charge is 0.335 e. The van der Waals surface area contributed by atoms with Gasteiger partial charge in [0.2, 0.25) is 0 Å². The van der Waals surface area contributed by atoms with Gasteiger partial charge in [-0.15, -0.1) is 0 Å². The molecule has 0 aromatic heterocycles. The number of hydrogen-bond acceptors (Lipinski definition) is 3. The van der Waals surface area contributed by atoms with E-state index < -0.39 is 5.97 Å². The number of nitrogens with zero attached hydrogens (tertiary/aromatic N) is 1. The first-order valence-electron chi connectivity index (χ1n) is 4.70. The van der Waals surface area contributed by atoms with Gasteiger partial charge in [0.1, 0.15) is 5.75 Å². The lowest BCUT2D eigenvalue weighted by Crippen LogP contribution is -2.12. The Morgan fingerprint density at radius 1 is 1.50 bits per heavy atom. The van der Waals surface area contributed by atoms with Gasteiger partial charge in [-0.1, -0.05) is 0 Å². The Hall–Kier alpha value is -1.07. The topological polar surface area (TPSA) is 49.8 Å². The Bertz CT molecular complexity index is 404. The molecule has 0 amide bonds. The number of benzene rings is 1. The van der Waals surface area contributed by atoms with E-state index in [0.717, 1.165) is 5.56 Å². The van der Waals surface area contributed by atoms with Crippen LogP contribution in [0.4, 0.5) is 0 Å². The van der Waals surface area contributed by atoms with Crippen molar-refractivity contribution < 1.29 is 14.6 Å². The maximum Gasteiger partial charge on any atom is 0.335 e. The molecule has 0 spiro atoms. The highest BCUT2D eigenvalue weighted by molar-refractivity contribution is 9.10. The molecule has 0 bridgehead atoms. The number of carbonyl (C=O) groups is 1. The van der Waals surface area contributed by atoms with E-state index in [2.05, 4.69) is 15.9 Å². The van der Waals surface area contributed by atoms with Crippen LogP contribution < -0.4 is 4.74 Å². The average Bonchev–Trinajstić information content (AvgIpc) is 2.16. The molecule has 0 saturated heterocycles. The van der Waals surface area contributed by atoms with Crippen LogP contribution in [-0.2, 0) is 6.54 Å². The Morgan fingerprint density at radius 3 is 2.56 bits per heavy atom. The second-order valence-electron chi connectivity index (χ2n) is 3.69. The van der Waals surface area contributed by atoms with E-state index in [1.54, 1.807) is 19.2 Å². The minimum Gasteiger partial charge on any atom is -0.495 e. The molecule has 0 atom stereocenters. The van der Waals surface area contributed by atoms with E-state index in [1.165, 1.54) is 0 Å². The van der Waals surface area contributed by atoms with Crippen LogP contribution >= 0.6 is 15.9 Å². The summed E-state index contributed by atoms with van der Waals surface area (Å²) in [5.74, 6) is -0.262.